The number of nitrogens with zero attached hydrogens (tertiary/aromatic N) is 5. The van der Waals surface area contributed by atoms with E-state index >= 15 is 0 Å². The predicted molar refractivity (Wildman–Crippen MR) is 446 cm³/mol. The Morgan fingerprint density at radius 2 is 0.590 bits per heavy atom. The Kier molecular flexibility index (Phi) is 16.3. The molecule has 0 spiro atoms. The highest BCUT2D eigenvalue weighted by Gasteiger charge is 2.31. The summed E-state index contributed by atoms with van der Waals surface area (Å²) in [5, 5.41) is 12.5. The molecule has 0 saturated carbocycles. The molecule has 0 radical (unpaired) electrons. The standard InChI is InChI=1S/C96H64N6S3/c97-95-81(69-41-47-78(48-42-69)100-84-52-49-79(101-86-29-13-17-33-91(86)104-92-34-18-14-30-87(92)101)61-82(84)83-62-80(50-53-85(83)100)102-88-31-15-19-35-93(88)105-94-36-20-16-32-89(94)102)51-54-90(96(95)98-103)99(76-43-37-67(38-44-76)74-57-70(63-21-5-1-6-22-63)55-71(58-74)64-23-7-2-8-24-64)77-45-39-68(40-46-77)75-59-72(65-25-9-3-10-26-65)56-73(60-75)66-27-11-4-12-28-66/h1-62,97,103H/b97-95?,98-96-. The number of aromatic nitrogens is 1. The molecule has 1 aromatic heterocycles. The molecule has 2 aliphatic heterocycles. The fourth-order valence-electron chi connectivity index (χ4n) is 15.2. The van der Waals surface area contributed by atoms with Crippen LogP contribution in [-0.4, -0.2) is 16.0 Å². The number of anilines is 8. The van der Waals surface area contributed by atoms with Crippen LogP contribution in [0.5, 0.6) is 0 Å². The number of fused-ring (bicyclic) bond motifs is 7. The van der Waals surface area contributed by atoms with Crippen LogP contribution in [0.2, 0.25) is 0 Å². The molecule has 0 saturated heterocycles. The first-order valence-electron chi connectivity index (χ1n) is 35.2. The van der Waals surface area contributed by atoms with Gasteiger partial charge in [-0.05, 0) is 255 Å². The molecule has 0 unspecified atom stereocenters. The lowest BCUT2D eigenvalue weighted by atomic mass is 9.91. The SMILES string of the molecule is N=C1C(c2ccc(-n3c4ccc(N5c6ccccc6Sc6ccccc65)cc4c4cc(N5c6ccccc6Sc6ccccc65)ccc43)cc2)=CC=C(N(c2ccc(-c3cc(-c4ccccc4)cc(-c4ccccc4)c3)cc2)c2ccc(-c3cc(-c4ccccc4)cc(-c4ccccc4)c3)cc2)/C1=N/S. The van der Waals surface area contributed by atoms with E-state index in [0.717, 1.165) is 157 Å². The van der Waals surface area contributed by atoms with Gasteiger partial charge in [0, 0.05) is 64.4 Å². The second-order valence-corrected chi connectivity index (χ2v) is 28.8. The Balaban J connectivity index is 0.719. The van der Waals surface area contributed by atoms with E-state index in [1.165, 1.54) is 19.6 Å². The van der Waals surface area contributed by atoms with Gasteiger partial charge in [-0.25, -0.2) is 4.40 Å². The molecule has 496 valence electrons. The Hall–Kier alpha value is -12.6. The third-order valence-corrected chi connectivity index (χ3v) is 22.7. The molecule has 0 amide bonds. The summed E-state index contributed by atoms with van der Waals surface area (Å²) in [7, 11) is 0. The van der Waals surface area contributed by atoms with Crippen LogP contribution in [-0.2, 0) is 0 Å². The molecule has 19 rings (SSSR count). The molecule has 6 nitrogen and oxygen atoms in total. The maximum Gasteiger partial charge on any atom is 0.121 e. The molecule has 1 aliphatic carbocycles. The van der Waals surface area contributed by atoms with Crippen molar-refractivity contribution in [3.8, 4) is 72.4 Å². The molecule has 9 heteroatoms. The van der Waals surface area contributed by atoms with Gasteiger partial charge in [0.25, 0.3) is 0 Å². The molecule has 0 atom stereocenters. The van der Waals surface area contributed by atoms with E-state index in [9.17, 15) is 5.41 Å². The van der Waals surface area contributed by atoms with Crippen LogP contribution in [0.15, 0.2) is 406 Å². The Morgan fingerprint density at radius 3 is 0.933 bits per heavy atom. The van der Waals surface area contributed by atoms with Gasteiger partial charge < -0.3 is 19.3 Å². The lowest BCUT2D eigenvalue weighted by Gasteiger charge is -2.33. The van der Waals surface area contributed by atoms with Crippen molar-refractivity contribution in [1.29, 1.82) is 5.41 Å². The number of benzene rings is 15. The minimum atomic E-state index is 0.265. The number of hydrogen-bond donors (Lipinski definition) is 2. The maximum absolute atomic E-state index is 10.2. The van der Waals surface area contributed by atoms with Crippen molar-refractivity contribution in [3.05, 3.63) is 387 Å². The molecular formula is C96H64N6S3. The number of nitrogens with one attached hydrogen (secondary N) is 1. The van der Waals surface area contributed by atoms with Crippen molar-refractivity contribution in [1.82, 2.24) is 4.57 Å². The number of hydrogen-bond acceptors (Lipinski definition) is 8. The third-order valence-electron chi connectivity index (χ3n) is 20.3. The van der Waals surface area contributed by atoms with E-state index in [0.29, 0.717) is 5.71 Å². The summed E-state index contributed by atoms with van der Waals surface area (Å²) >= 11 is 8.38. The van der Waals surface area contributed by atoms with Crippen molar-refractivity contribution >= 4 is 121 Å². The van der Waals surface area contributed by atoms with Crippen LogP contribution in [0.25, 0.3) is 99.8 Å². The zero-order valence-corrected chi connectivity index (χ0v) is 59.3. The van der Waals surface area contributed by atoms with Crippen LogP contribution in [0.3, 0.4) is 0 Å². The molecular weight excluding hydrogens is 1330 g/mol. The van der Waals surface area contributed by atoms with E-state index in [1.807, 2.05) is 23.5 Å². The quantitative estimate of drug-likeness (QED) is 0.0890. The molecule has 3 aliphatic rings. The topological polar surface area (TPSA) is 50.9 Å². The monoisotopic (exact) mass is 1400 g/mol. The van der Waals surface area contributed by atoms with Gasteiger partial charge in [-0.3, -0.25) is 5.41 Å². The number of rotatable bonds is 13. The van der Waals surface area contributed by atoms with Gasteiger partial charge in [0.2, 0.25) is 0 Å². The Labute approximate surface area is 624 Å². The average Bonchev–Trinajstić information content (AvgIpc) is 1.59. The Morgan fingerprint density at radius 1 is 0.286 bits per heavy atom. The minimum Gasteiger partial charge on any atom is -0.309 e. The maximum atomic E-state index is 10.2. The first kappa shape index (κ1) is 63.3. The van der Waals surface area contributed by atoms with Gasteiger partial charge in [0.15, 0.2) is 0 Å². The molecule has 16 aromatic rings. The van der Waals surface area contributed by atoms with Crippen molar-refractivity contribution < 1.29 is 0 Å². The first-order valence-corrected chi connectivity index (χ1v) is 37.2. The highest BCUT2D eigenvalue weighted by Crippen LogP contribution is 2.55. The van der Waals surface area contributed by atoms with Gasteiger partial charge in [0.05, 0.1) is 45.2 Å². The van der Waals surface area contributed by atoms with Crippen molar-refractivity contribution in [3.63, 3.8) is 0 Å². The van der Waals surface area contributed by atoms with Crippen LogP contribution < -0.4 is 14.7 Å². The summed E-state index contributed by atoms with van der Waals surface area (Å²) in [5.41, 5.74) is 28.4. The van der Waals surface area contributed by atoms with E-state index in [4.69, 9.17) is 17.2 Å². The fourth-order valence-corrected chi connectivity index (χ4v) is 17.5. The predicted octanol–water partition coefficient (Wildman–Crippen LogP) is 27.1. The van der Waals surface area contributed by atoms with Crippen LogP contribution in [0.4, 0.5) is 45.5 Å². The third kappa shape index (κ3) is 11.6. The first-order chi connectivity index (χ1) is 51.9. The lowest BCUT2D eigenvalue weighted by Crippen LogP contribution is -2.30. The van der Waals surface area contributed by atoms with Crippen molar-refractivity contribution in [2.75, 3.05) is 14.7 Å². The van der Waals surface area contributed by atoms with Crippen LogP contribution >= 0.6 is 36.3 Å². The molecule has 3 heterocycles. The van der Waals surface area contributed by atoms with Crippen molar-refractivity contribution in [2.45, 2.75) is 19.6 Å². The normalized spacial score (nSPS) is 13.4. The number of para-hydroxylation sites is 4. The van der Waals surface area contributed by atoms with Crippen LogP contribution in [0.1, 0.15) is 5.56 Å². The van der Waals surface area contributed by atoms with Crippen molar-refractivity contribution in [2.24, 2.45) is 4.40 Å². The smallest absolute Gasteiger partial charge is 0.121 e. The molecule has 0 bridgehead atoms. The zero-order chi connectivity index (χ0) is 69.9. The summed E-state index contributed by atoms with van der Waals surface area (Å²) in [6.45, 7) is 0. The van der Waals surface area contributed by atoms with Crippen LogP contribution in [0, 0.1) is 5.41 Å². The van der Waals surface area contributed by atoms with Gasteiger partial charge in [-0.15, -0.1) is 0 Å². The van der Waals surface area contributed by atoms with Gasteiger partial charge in [0.1, 0.15) is 5.71 Å². The summed E-state index contributed by atoms with van der Waals surface area (Å²) in [6.07, 6.45) is 4.17. The van der Waals surface area contributed by atoms with E-state index in [1.54, 1.807) is 0 Å². The number of thiol groups is 1. The second kappa shape index (κ2) is 27.0. The molecule has 105 heavy (non-hydrogen) atoms. The molecule has 0 fully saturated rings. The summed E-state index contributed by atoms with van der Waals surface area (Å²) in [4.78, 5) is 11.9. The summed E-state index contributed by atoms with van der Waals surface area (Å²) in [5.74, 6) is 0. The van der Waals surface area contributed by atoms with E-state index in [2.05, 4.69) is 395 Å². The minimum absolute atomic E-state index is 0.265. The second-order valence-electron chi connectivity index (χ2n) is 26.5. The summed E-state index contributed by atoms with van der Waals surface area (Å²) < 4.78 is 7.11. The van der Waals surface area contributed by atoms with Gasteiger partial charge >= 0.3 is 0 Å². The van der Waals surface area contributed by atoms with Gasteiger partial charge in [-0.2, -0.15) is 0 Å². The highest BCUT2D eigenvalue weighted by atomic mass is 32.2. The average molecular weight is 1400 g/mol. The lowest BCUT2D eigenvalue weighted by molar-refractivity contribution is 1.16. The Bertz CT molecular complexity index is 5640. The molecule has 15 aromatic carbocycles. The fraction of sp³-hybridized carbons (Fsp3) is 0. The largest absolute Gasteiger partial charge is 0.309 e. The highest BCUT2D eigenvalue weighted by molar-refractivity contribution is 8.00. The van der Waals surface area contributed by atoms with E-state index < -0.39 is 0 Å². The summed E-state index contributed by atoms with van der Waals surface area (Å²) in [6, 6.07) is 131. The van der Waals surface area contributed by atoms with Gasteiger partial charge in [-0.1, -0.05) is 230 Å². The zero-order valence-electron chi connectivity index (χ0n) is 56.8. The molecule has 1 N–H and O–H groups in total. The number of allylic oxidation sites excluding steroid dienone is 4. The van der Waals surface area contributed by atoms with E-state index in [-0.39, 0.29) is 5.71 Å².